The third-order valence-corrected chi connectivity index (χ3v) is 4.52. The molecule has 22 heavy (non-hydrogen) atoms. The van der Waals surface area contributed by atoms with Crippen molar-refractivity contribution in [3.63, 3.8) is 0 Å². The van der Waals surface area contributed by atoms with Crippen LogP contribution in [0.1, 0.15) is 55.4 Å². The van der Waals surface area contributed by atoms with Gasteiger partial charge in [0.15, 0.2) is 0 Å². The molecule has 0 radical (unpaired) electrons. The summed E-state index contributed by atoms with van der Waals surface area (Å²) in [5.74, 6) is 0. The van der Waals surface area contributed by atoms with Crippen molar-refractivity contribution in [3.8, 4) is 0 Å². The zero-order valence-electron chi connectivity index (χ0n) is 15.1. The molecule has 0 aliphatic carbocycles. The van der Waals surface area contributed by atoms with E-state index in [9.17, 15) is 9.59 Å². The molecular formula is C16H30N4O2. The van der Waals surface area contributed by atoms with Crippen LogP contribution in [0, 0.1) is 0 Å². The van der Waals surface area contributed by atoms with Gasteiger partial charge in [0.05, 0.1) is 0 Å². The van der Waals surface area contributed by atoms with Gasteiger partial charge in [-0.25, -0.2) is 9.59 Å². The molecule has 0 saturated carbocycles. The van der Waals surface area contributed by atoms with Crippen LogP contribution in [-0.2, 0) is 0 Å². The van der Waals surface area contributed by atoms with E-state index < -0.39 is 0 Å². The van der Waals surface area contributed by atoms with Gasteiger partial charge >= 0.3 is 12.1 Å². The van der Waals surface area contributed by atoms with Crippen LogP contribution in [0.2, 0.25) is 0 Å². The Morgan fingerprint density at radius 1 is 0.545 bits per heavy atom. The predicted octanol–water partition coefficient (Wildman–Crippen LogP) is 2.75. The van der Waals surface area contributed by atoms with Crippen LogP contribution in [0.4, 0.5) is 9.59 Å². The minimum atomic E-state index is -0.204. The summed E-state index contributed by atoms with van der Waals surface area (Å²) >= 11 is 0. The molecule has 2 aliphatic rings. The molecule has 126 valence electrons. The second kappa shape index (κ2) is 5.63. The van der Waals surface area contributed by atoms with Crippen molar-refractivity contribution in [1.82, 2.24) is 19.6 Å². The number of hydrogen-bond acceptors (Lipinski definition) is 2. The third kappa shape index (κ3) is 2.23. The van der Waals surface area contributed by atoms with Crippen molar-refractivity contribution in [3.05, 3.63) is 0 Å². The van der Waals surface area contributed by atoms with E-state index in [2.05, 4.69) is 0 Å². The number of hydrogen-bond donors (Lipinski definition) is 0. The Balaban J connectivity index is 2.56. The molecule has 0 unspecified atom stereocenters. The van der Waals surface area contributed by atoms with E-state index in [1.807, 2.05) is 75.0 Å². The third-order valence-electron chi connectivity index (χ3n) is 4.52. The largest absolute Gasteiger partial charge is 0.324 e. The number of fused-ring (bicyclic) bond motifs is 1. The quantitative estimate of drug-likeness (QED) is 0.801. The summed E-state index contributed by atoms with van der Waals surface area (Å²) in [7, 11) is 0. The molecule has 2 fully saturated rings. The molecule has 4 amide bonds. The normalized spacial score (nSPS) is 25.8. The maximum Gasteiger partial charge on any atom is 0.324 e. The Kier molecular flexibility index (Phi) is 4.33. The highest BCUT2D eigenvalue weighted by Gasteiger charge is 2.61. The van der Waals surface area contributed by atoms with Crippen molar-refractivity contribution >= 4 is 12.1 Å². The van der Waals surface area contributed by atoms with Crippen LogP contribution in [0.25, 0.3) is 0 Å². The predicted molar refractivity (Wildman–Crippen MR) is 86.3 cm³/mol. The van der Waals surface area contributed by atoms with E-state index in [1.54, 1.807) is 0 Å². The molecule has 2 heterocycles. The van der Waals surface area contributed by atoms with E-state index >= 15 is 0 Å². The minimum Gasteiger partial charge on any atom is -0.298 e. The molecule has 2 saturated heterocycles. The SMILES string of the molecule is CC(C)N1C(=O)N(C(C)C)C2C1N(C(C)C)C(=O)N2C(C)C. The van der Waals surface area contributed by atoms with Crippen LogP contribution < -0.4 is 0 Å². The second-order valence-electron chi connectivity index (χ2n) is 7.40. The maximum absolute atomic E-state index is 12.9. The summed E-state index contributed by atoms with van der Waals surface area (Å²) < 4.78 is 0. The monoisotopic (exact) mass is 310 g/mol. The maximum atomic E-state index is 12.9. The van der Waals surface area contributed by atoms with E-state index in [-0.39, 0.29) is 48.6 Å². The average Bonchev–Trinajstić information content (AvgIpc) is 2.76. The Hall–Kier alpha value is -1.46. The molecule has 0 aromatic rings. The van der Waals surface area contributed by atoms with E-state index in [0.717, 1.165) is 0 Å². The van der Waals surface area contributed by atoms with Gasteiger partial charge < -0.3 is 0 Å². The summed E-state index contributed by atoms with van der Waals surface area (Å²) in [5.41, 5.74) is 0. The van der Waals surface area contributed by atoms with Crippen molar-refractivity contribution in [2.45, 2.75) is 91.9 Å². The van der Waals surface area contributed by atoms with E-state index in [4.69, 9.17) is 0 Å². The smallest absolute Gasteiger partial charge is 0.298 e. The number of carbonyl (C=O) groups is 2. The van der Waals surface area contributed by atoms with Crippen molar-refractivity contribution in [2.75, 3.05) is 0 Å². The minimum absolute atomic E-state index is 0.0313. The zero-order chi connectivity index (χ0) is 16.9. The van der Waals surface area contributed by atoms with Crippen LogP contribution in [0.3, 0.4) is 0 Å². The first-order valence-corrected chi connectivity index (χ1v) is 8.32. The molecule has 0 N–H and O–H groups in total. The number of amides is 4. The lowest BCUT2D eigenvalue weighted by Gasteiger charge is -2.35. The molecule has 6 heteroatoms. The Morgan fingerprint density at radius 3 is 0.864 bits per heavy atom. The number of carbonyl (C=O) groups excluding carboxylic acids is 2. The van der Waals surface area contributed by atoms with Crippen LogP contribution >= 0.6 is 0 Å². The van der Waals surface area contributed by atoms with Crippen molar-refractivity contribution in [2.24, 2.45) is 0 Å². The second-order valence-corrected chi connectivity index (χ2v) is 7.40. The van der Waals surface area contributed by atoms with E-state index in [1.165, 1.54) is 0 Å². The van der Waals surface area contributed by atoms with Crippen LogP contribution in [0.5, 0.6) is 0 Å². The zero-order valence-corrected chi connectivity index (χ0v) is 15.1. The highest BCUT2D eigenvalue weighted by atomic mass is 16.2. The van der Waals surface area contributed by atoms with Gasteiger partial charge in [0, 0.05) is 24.2 Å². The molecular weight excluding hydrogens is 280 g/mol. The highest BCUT2D eigenvalue weighted by Crippen LogP contribution is 2.39. The summed E-state index contributed by atoms with van der Waals surface area (Å²) in [4.78, 5) is 33.3. The van der Waals surface area contributed by atoms with Gasteiger partial charge in [0.1, 0.15) is 12.3 Å². The van der Waals surface area contributed by atoms with Gasteiger partial charge in [-0.15, -0.1) is 0 Å². The standard InChI is InChI=1S/C16H30N4O2/c1-9(2)17-13-14(19(11(5)6)15(17)21)20(12(7)8)16(22)18(13)10(3)4/h9-14H,1-8H3. The molecule has 2 rings (SSSR count). The number of urea groups is 2. The lowest BCUT2D eigenvalue weighted by Crippen LogP contribution is -2.52. The van der Waals surface area contributed by atoms with Gasteiger partial charge in [-0.1, -0.05) is 0 Å². The fourth-order valence-corrected chi connectivity index (χ4v) is 3.67. The summed E-state index contributed by atoms with van der Waals surface area (Å²) in [5, 5.41) is 0. The van der Waals surface area contributed by atoms with Crippen molar-refractivity contribution in [1.29, 1.82) is 0 Å². The van der Waals surface area contributed by atoms with Crippen LogP contribution in [-0.4, -0.2) is 68.2 Å². The highest BCUT2D eigenvalue weighted by molar-refractivity contribution is 5.86. The first-order valence-electron chi connectivity index (χ1n) is 8.32. The molecule has 0 atom stereocenters. The van der Waals surface area contributed by atoms with Crippen molar-refractivity contribution < 1.29 is 9.59 Å². The van der Waals surface area contributed by atoms with Gasteiger partial charge in [0.25, 0.3) is 0 Å². The Morgan fingerprint density at radius 2 is 0.727 bits per heavy atom. The first-order chi connectivity index (χ1) is 10.1. The lowest BCUT2D eigenvalue weighted by atomic mass is 10.2. The number of rotatable bonds is 4. The summed E-state index contributed by atoms with van der Waals surface area (Å²) in [6.07, 6.45) is -0.408. The van der Waals surface area contributed by atoms with Gasteiger partial charge in [0.2, 0.25) is 0 Å². The lowest BCUT2D eigenvalue weighted by molar-refractivity contribution is 0.0811. The van der Waals surface area contributed by atoms with Crippen LogP contribution in [0.15, 0.2) is 0 Å². The van der Waals surface area contributed by atoms with Gasteiger partial charge in [-0.2, -0.15) is 0 Å². The molecule has 0 aromatic heterocycles. The molecule has 0 spiro atoms. The van der Waals surface area contributed by atoms with Gasteiger partial charge in [-0.3, -0.25) is 19.6 Å². The topological polar surface area (TPSA) is 47.1 Å². The average molecular weight is 310 g/mol. The molecule has 0 bridgehead atoms. The molecule has 6 nitrogen and oxygen atoms in total. The van der Waals surface area contributed by atoms with Gasteiger partial charge in [-0.05, 0) is 55.4 Å². The summed E-state index contributed by atoms with van der Waals surface area (Å²) in [6, 6.07) is 0.303. The Bertz CT molecular complexity index is 383. The number of nitrogens with zero attached hydrogens (tertiary/aromatic N) is 4. The molecule has 2 aliphatic heterocycles. The fraction of sp³-hybridized carbons (Fsp3) is 0.875. The van der Waals surface area contributed by atoms with E-state index in [0.29, 0.717) is 0 Å². The molecule has 0 aromatic carbocycles. The first kappa shape index (κ1) is 16.9. The Labute approximate surface area is 134 Å². The summed E-state index contributed by atoms with van der Waals surface area (Å²) in [6.45, 7) is 16.1. The fourth-order valence-electron chi connectivity index (χ4n) is 3.67.